The second-order valence-electron chi connectivity index (χ2n) is 8.51. The van der Waals surface area contributed by atoms with Crippen molar-refractivity contribution < 1.29 is 18.6 Å². The highest BCUT2D eigenvalue weighted by molar-refractivity contribution is 5.85. The molecule has 0 N–H and O–H groups in total. The molecule has 1 fully saturated rings. The highest BCUT2D eigenvalue weighted by Gasteiger charge is 2.33. The molecular weight excluding hydrogens is 496 g/mol. The van der Waals surface area contributed by atoms with Crippen molar-refractivity contribution >= 4 is 18.1 Å². The molecule has 2 aromatic carbocycles. The number of methoxy groups -OCH3 is 3. The Kier molecular flexibility index (Phi) is 8.52. The van der Waals surface area contributed by atoms with Gasteiger partial charge in [0.2, 0.25) is 0 Å². The number of aromatic nitrogens is 4. The number of nitrogens with zero attached hydrogens (tertiary/aromatic N) is 6. The van der Waals surface area contributed by atoms with Crippen LogP contribution in [0.5, 0.6) is 17.2 Å². The number of rotatable bonds is 9. The van der Waals surface area contributed by atoms with E-state index in [-0.39, 0.29) is 18.4 Å². The molecule has 5 rings (SSSR count). The van der Waals surface area contributed by atoms with E-state index in [1.807, 2.05) is 42.5 Å². The Morgan fingerprint density at radius 1 is 0.892 bits per heavy atom. The number of benzene rings is 2. The lowest BCUT2D eigenvalue weighted by Gasteiger charge is -2.40. The molecule has 1 atom stereocenters. The molecule has 4 aromatic rings. The average Bonchev–Trinajstić information content (AvgIpc) is 3.62. The summed E-state index contributed by atoms with van der Waals surface area (Å²) < 4.78 is 24.0. The maximum atomic E-state index is 5.77. The van der Waals surface area contributed by atoms with Crippen molar-refractivity contribution in [2.45, 2.75) is 12.6 Å². The maximum Gasteiger partial charge on any atom is 0.173 e. The highest BCUT2D eigenvalue weighted by Crippen LogP contribution is 2.37. The standard InChI is InChI=1S/C26H30N6O4.ClH/c1-33-20-8-6-19(7-9-20)30-12-14-31(15-13-30)25(23-17-21(34-2)10-11-24(23)35-3)26-27-28-29-32(26)18-22-5-4-16-36-22;/h4-11,16-17,25H,12-15,18H2,1-3H3;1H. The van der Waals surface area contributed by atoms with Gasteiger partial charge in [0.05, 0.1) is 27.6 Å². The number of halogens is 1. The Balaban J connectivity index is 0.00000320. The molecule has 10 nitrogen and oxygen atoms in total. The van der Waals surface area contributed by atoms with Gasteiger partial charge in [-0.3, -0.25) is 4.90 Å². The van der Waals surface area contributed by atoms with E-state index in [2.05, 4.69) is 37.5 Å². The Labute approximate surface area is 222 Å². The molecule has 1 unspecified atom stereocenters. The predicted molar refractivity (Wildman–Crippen MR) is 141 cm³/mol. The van der Waals surface area contributed by atoms with Crippen LogP contribution in [0.3, 0.4) is 0 Å². The van der Waals surface area contributed by atoms with Crippen molar-refractivity contribution in [1.82, 2.24) is 25.1 Å². The molecule has 196 valence electrons. The fourth-order valence-corrected chi connectivity index (χ4v) is 4.65. The van der Waals surface area contributed by atoms with E-state index in [0.717, 1.165) is 60.6 Å². The van der Waals surface area contributed by atoms with E-state index in [1.165, 1.54) is 5.69 Å². The Morgan fingerprint density at radius 3 is 2.27 bits per heavy atom. The van der Waals surface area contributed by atoms with Crippen LogP contribution in [-0.2, 0) is 6.54 Å². The average molecular weight is 527 g/mol. The Morgan fingerprint density at radius 2 is 1.62 bits per heavy atom. The number of hydrogen-bond acceptors (Lipinski definition) is 9. The lowest BCUT2D eigenvalue weighted by atomic mass is 10.0. The molecule has 0 radical (unpaired) electrons. The third kappa shape index (κ3) is 5.65. The first-order chi connectivity index (χ1) is 17.7. The number of hydrogen-bond donors (Lipinski definition) is 0. The summed E-state index contributed by atoms with van der Waals surface area (Å²) in [5, 5.41) is 12.8. The summed E-state index contributed by atoms with van der Waals surface area (Å²) in [6.45, 7) is 3.77. The fraction of sp³-hybridized carbons (Fsp3) is 0.346. The van der Waals surface area contributed by atoms with Gasteiger partial charge in [0.15, 0.2) is 5.82 Å². The molecule has 0 amide bonds. The Bertz CT molecular complexity index is 1260. The van der Waals surface area contributed by atoms with Gasteiger partial charge in [-0.2, -0.15) is 0 Å². The first-order valence-electron chi connectivity index (χ1n) is 11.8. The van der Waals surface area contributed by atoms with Crippen LogP contribution in [0.2, 0.25) is 0 Å². The normalized spacial score (nSPS) is 14.6. The van der Waals surface area contributed by atoms with E-state index in [9.17, 15) is 0 Å². The van der Waals surface area contributed by atoms with Crippen LogP contribution in [0, 0.1) is 0 Å². The van der Waals surface area contributed by atoms with Crippen LogP contribution in [0.15, 0.2) is 65.3 Å². The minimum absolute atomic E-state index is 0. The van der Waals surface area contributed by atoms with Crippen molar-refractivity contribution in [3.8, 4) is 17.2 Å². The van der Waals surface area contributed by atoms with Crippen molar-refractivity contribution in [2.75, 3.05) is 52.4 Å². The van der Waals surface area contributed by atoms with Gasteiger partial charge < -0.3 is 23.5 Å². The van der Waals surface area contributed by atoms with Gasteiger partial charge in [-0.05, 0) is 65.0 Å². The van der Waals surface area contributed by atoms with Crippen molar-refractivity contribution in [1.29, 1.82) is 0 Å². The van der Waals surface area contributed by atoms with Crippen LogP contribution < -0.4 is 19.1 Å². The van der Waals surface area contributed by atoms with Crippen LogP contribution in [0.1, 0.15) is 23.2 Å². The third-order valence-corrected chi connectivity index (χ3v) is 6.54. The van der Waals surface area contributed by atoms with Crippen LogP contribution in [-0.4, -0.2) is 72.6 Å². The molecule has 0 aliphatic carbocycles. The summed E-state index contributed by atoms with van der Waals surface area (Å²) in [7, 11) is 5.02. The SMILES string of the molecule is COc1ccc(N2CCN(C(c3cc(OC)ccc3OC)c3nnnn3Cc3ccco3)CC2)cc1.Cl. The minimum atomic E-state index is -0.238. The van der Waals surface area contributed by atoms with Gasteiger partial charge in [-0.25, -0.2) is 4.68 Å². The number of piperazine rings is 1. The fourth-order valence-electron chi connectivity index (χ4n) is 4.65. The summed E-state index contributed by atoms with van der Waals surface area (Å²) in [6, 6.07) is 17.6. The van der Waals surface area contributed by atoms with Gasteiger partial charge >= 0.3 is 0 Å². The lowest BCUT2D eigenvalue weighted by Crippen LogP contribution is -2.48. The number of anilines is 1. The van der Waals surface area contributed by atoms with Crippen LogP contribution in [0.4, 0.5) is 5.69 Å². The summed E-state index contributed by atoms with van der Waals surface area (Å²) >= 11 is 0. The van der Waals surface area contributed by atoms with Gasteiger partial charge in [0.1, 0.15) is 35.6 Å². The van der Waals surface area contributed by atoms with Crippen molar-refractivity contribution in [2.24, 2.45) is 0 Å². The van der Waals surface area contributed by atoms with Gasteiger partial charge in [-0.15, -0.1) is 17.5 Å². The minimum Gasteiger partial charge on any atom is -0.497 e. The van der Waals surface area contributed by atoms with Crippen molar-refractivity contribution in [3.63, 3.8) is 0 Å². The molecule has 1 aliphatic rings. The molecule has 0 bridgehead atoms. The van der Waals surface area contributed by atoms with Gasteiger partial charge in [-0.1, -0.05) is 0 Å². The summed E-state index contributed by atoms with van der Waals surface area (Å²) in [6.07, 6.45) is 1.65. The largest absolute Gasteiger partial charge is 0.497 e. The summed E-state index contributed by atoms with van der Waals surface area (Å²) in [5.74, 6) is 3.86. The molecule has 1 saturated heterocycles. The summed E-state index contributed by atoms with van der Waals surface area (Å²) in [5.41, 5.74) is 2.12. The van der Waals surface area contributed by atoms with Gasteiger partial charge in [0, 0.05) is 37.4 Å². The molecule has 0 spiro atoms. The smallest absolute Gasteiger partial charge is 0.173 e. The molecule has 37 heavy (non-hydrogen) atoms. The zero-order valence-electron chi connectivity index (χ0n) is 21.1. The van der Waals surface area contributed by atoms with E-state index in [4.69, 9.17) is 18.6 Å². The molecule has 3 heterocycles. The highest BCUT2D eigenvalue weighted by atomic mass is 35.5. The second-order valence-corrected chi connectivity index (χ2v) is 8.51. The van der Waals surface area contributed by atoms with E-state index in [1.54, 1.807) is 32.3 Å². The molecule has 1 aliphatic heterocycles. The van der Waals surface area contributed by atoms with Crippen LogP contribution in [0.25, 0.3) is 0 Å². The lowest BCUT2D eigenvalue weighted by molar-refractivity contribution is 0.197. The van der Waals surface area contributed by atoms with Gasteiger partial charge in [0.25, 0.3) is 0 Å². The quantitative estimate of drug-likeness (QED) is 0.324. The molecule has 11 heteroatoms. The van der Waals surface area contributed by atoms with E-state index in [0.29, 0.717) is 6.54 Å². The maximum absolute atomic E-state index is 5.77. The molecule has 0 saturated carbocycles. The molecule has 2 aromatic heterocycles. The van der Waals surface area contributed by atoms with E-state index >= 15 is 0 Å². The van der Waals surface area contributed by atoms with E-state index < -0.39 is 0 Å². The van der Waals surface area contributed by atoms with Crippen molar-refractivity contribution in [3.05, 3.63) is 78.0 Å². The zero-order chi connectivity index (χ0) is 24.9. The monoisotopic (exact) mass is 526 g/mol. The first-order valence-corrected chi connectivity index (χ1v) is 11.8. The molecular formula is C26H31ClN6O4. The second kappa shape index (κ2) is 12.0. The zero-order valence-corrected chi connectivity index (χ0v) is 21.9. The topological polar surface area (TPSA) is 90.9 Å². The third-order valence-electron chi connectivity index (χ3n) is 6.54. The van der Waals surface area contributed by atoms with Crippen LogP contribution >= 0.6 is 12.4 Å². The predicted octanol–water partition coefficient (Wildman–Crippen LogP) is 3.67. The Hall–Kier alpha value is -3.76. The number of tetrazole rings is 1. The number of furan rings is 1. The summed E-state index contributed by atoms with van der Waals surface area (Å²) in [4.78, 5) is 4.77. The first kappa shape index (κ1) is 26.3. The number of ether oxygens (including phenoxy) is 3.